The van der Waals surface area contributed by atoms with Crippen molar-refractivity contribution in [1.82, 2.24) is 4.98 Å². The minimum absolute atomic E-state index is 0.142. The van der Waals surface area contributed by atoms with E-state index in [-0.39, 0.29) is 13.2 Å². The van der Waals surface area contributed by atoms with E-state index in [1.54, 1.807) is 12.3 Å². The van der Waals surface area contributed by atoms with Crippen LogP contribution in [0.2, 0.25) is 5.02 Å². The summed E-state index contributed by atoms with van der Waals surface area (Å²) in [6.07, 6.45) is 2.40. The smallest absolute Gasteiger partial charge is 0.0852 e. The van der Waals surface area contributed by atoms with Gasteiger partial charge in [-0.3, -0.25) is 4.98 Å². The summed E-state index contributed by atoms with van der Waals surface area (Å²) in [5.41, 5.74) is 1.49. The number of aryl methyl sites for hydroxylation is 1. The van der Waals surface area contributed by atoms with Crippen molar-refractivity contribution >= 4 is 17.3 Å². The standard InChI is InChI=1S/C10H15ClN2O2/c1-2-8-10(11)9(3-4-12-8)13-7(5-14)6-15/h3-4,7,14-15H,2,5-6H2,1H3,(H,12,13). The van der Waals surface area contributed by atoms with Crippen LogP contribution in [0.1, 0.15) is 12.6 Å². The fourth-order valence-corrected chi connectivity index (χ4v) is 1.51. The van der Waals surface area contributed by atoms with Gasteiger partial charge in [0.2, 0.25) is 0 Å². The predicted molar refractivity (Wildman–Crippen MR) is 60.2 cm³/mol. The summed E-state index contributed by atoms with van der Waals surface area (Å²) in [6.45, 7) is 1.68. The Balaban J connectivity index is 2.85. The molecule has 15 heavy (non-hydrogen) atoms. The van der Waals surface area contributed by atoms with Crippen LogP contribution in [0.25, 0.3) is 0 Å². The van der Waals surface area contributed by atoms with Gasteiger partial charge in [0.05, 0.1) is 35.7 Å². The van der Waals surface area contributed by atoms with Crippen LogP contribution >= 0.6 is 11.6 Å². The van der Waals surface area contributed by atoms with Crippen molar-refractivity contribution in [2.24, 2.45) is 0 Å². The van der Waals surface area contributed by atoms with Gasteiger partial charge in [-0.05, 0) is 12.5 Å². The molecule has 0 bridgehead atoms. The third-order valence-electron chi connectivity index (χ3n) is 2.10. The second-order valence-electron chi connectivity index (χ2n) is 3.18. The molecule has 1 aromatic heterocycles. The van der Waals surface area contributed by atoms with Crippen molar-refractivity contribution in [3.05, 3.63) is 23.0 Å². The van der Waals surface area contributed by atoms with Crippen LogP contribution in [0.15, 0.2) is 12.3 Å². The maximum Gasteiger partial charge on any atom is 0.0852 e. The Bertz CT molecular complexity index is 316. The lowest BCUT2D eigenvalue weighted by Crippen LogP contribution is -2.27. The van der Waals surface area contributed by atoms with E-state index in [0.29, 0.717) is 10.7 Å². The highest BCUT2D eigenvalue weighted by Gasteiger charge is 2.10. The first-order valence-corrected chi connectivity index (χ1v) is 5.22. The number of anilines is 1. The third-order valence-corrected chi connectivity index (χ3v) is 2.52. The summed E-state index contributed by atoms with van der Waals surface area (Å²) >= 11 is 6.08. The average molecular weight is 231 g/mol. The van der Waals surface area contributed by atoms with Gasteiger partial charge < -0.3 is 15.5 Å². The molecule has 0 fully saturated rings. The van der Waals surface area contributed by atoms with E-state index >= 15 is 0 Å². The molecular formula is C10H15ClN2O2. The molecule has 1 heterocycles. The molecule has 0 aromatic carbocycles. The number of hydrogen-bond acceptors (Lipinski definition) is 4. The SMILES string of the molecule is CCc1nccc(NC(CO)CO)c1Cl. The number of nitrogens with zero attached hydrogens (tertiary/aromatic N) is 1. The Kier molecular flexibility index (Phi) is 4.81. The molecule has 0 atom stereocenters. The second-order valence-corrected chi connectivity index (χ2v) is 3.56. The van der Waals surface area contributed by atoms with Crippen molar-refractivity contribution in [2.45, 2.75) is 19.4 Å². The third kappa shape index (κ3) is 3.06. The number of aromatic nitrogens is 1. The zero-order valence-corrected chi connectivity index (χ0v) is 9.33. The van der Waals surface area contributed by atoms with Gasteiger partial charge in [0, 0.05) is 6.20 Å². The van der Waals surface area contributed by atoms with Gasteiger partial charge in [0.15, 0.2) is 0 Å². The first-order chi connectivity index (χ1) is 7.22. The fraction of sp³-hybridized carbons (Fsp3) is 0.500. The van der Waals surface area contributed by atoms with Gasteiger partial charge in [-0.15, -0.1) is 0 Å². The highest BCUT2D eigenvalue weighted by Crippen LogP contribution is 2.24. The lowest BCUT2D eigenvalue weighted by Gasteiger charge is -2.16. The van der Waals surface area contributed by atoms with Crippen LogP contribution in [0, 0.1) is 0 Å². The molecule has 0 aliphatic heterocycles. The van der Waals surface area contributed by atoms with Crippen LogP contribution in [0.5, 0.6) is 0 Å². The number of aliphatic hydroxyl groups is 2. The summed E-state index contributed by atoms with van der Waals surface area (Å²) < 4.78 is 0. The van der Waals surface area contributed by atoms with Gasteiger partial charge in [0.1, 0.15) is 0 Å². The lowest BCUT2D eigenvalue weighted by molar-refractivity contribution is 0.204. The molecule has 0 aliphatic rings. The van der Waals surface area contributed by atoms with E-state index in [2.05, 4.69) is 10.3 Å². The molecule has 0 saturated carbocycles. The van der Waals surface area contributed by atoms with Crippen LogP contribution in [0.3, 0.4) is 0 Å². The molecule has 0 saturated heterocycles. The van der Waals surface area contributed by atoms with Gasteiger partial charge >= 0.3 is 0 Å². The van der Waals surface area contributed by atoms with Crippen LogP contribution < -0.4 is 5.32 Å². The highest BCUT2D eigenvalue weighted by molar-refractivity contribution is 6.33. The number of aliphatic hydroxyl groups excluding tert-OH is 2. The molecule has 0 amide bonds. The van der Waals surface area contributed by atoms with E-state index in [4.69, 9.17) is 21.8 Å². The number of halogens is 1. The summed E-state index contributed by atoms with van der Waals surface area (Å²) in [5, 5.41) is 21.3. The van der Waals surface area contributed by atoms with Crippen LogP contribution in [-0.4, -0.2) is 34.5 Å². The minimum atomic E-state index is -0.394. The first kappa shape index (κ1) is 12.2. The van der Waals surface area contributed by atoms with Gasteiger partial charge in [-0.2, -0.15) is 0 Å². The average Bonchev–Trinajstić information content (AvgIpc) is 2.28. The summed E-state index contributed by atoms with van der Waals surface area (Å²) in [4.78, 5) is 4.12. The topological polar surface area (TPSA) is 65.4 Å². The molecule has 3 N–H and O–H groups in total. The van der Waals surface area contributed by atoms with E-state index in [1.165, 1.54) is 0 Å². The molecule has 84 valence electrons. The van der Waals surface area contributed by atoms with Crippen molar-refractivity contribution in [3.63, 3.8) is 0 Å². The Hall–Kier alpha value is -0.840. The highest BCUT2D eigenvalue weighted by atomic mass is 35.5. The first-order valence-electron chi connectivity index (χ1n) is 4.84. The lowest BCUT2D eigenvalue weighted by atomic mass is 10.2. The van der Waals surface area contributed by atoms with Crippen molar-refractivity contribution < 1.29 is 10.2 Å². The summed E-state index contributed by atoms with van der Waals surface area (Å²) in [6, 6.07) is 1.33. The second kappa shape index (κ2) is 5.90. The molecule has 5 heteroatoms. The Morgan fingerprint density at radius 3 is 2.67 bits per heavy atom. The Morgan fingerprint density at radius 1 is 1.47 bits per heavy atom. The van der Waals surface area contributed by atoms with Gasteiger partial charge in [0.25, 0.3) is 0 Å². The quantitative estimate of drug-likeness (QED) is 0.708. The fourth-order valence-electron chi connectivity index (χ4n) is 1.21. The molecule has 0 aliphatic carbocycles. The zero-order valence-electron chi connectivity index (χ0n) is 8.57. The van der Waals surface area contributed by atoms with E-state index < -0.39 is 6.04 Å². The predicted octanol–water partition coefficient (Wildman–Crippen LogP) is 1.06. The van der Waals surface area contributed by atoms with E-state index in [0.717, 1.165) is 12.1 Å². The molecule has 1 rings (SSSR count). The van der Waals surface area contributed by atoms with E-state index in [9.17, 15) is 0 Å². The number of pyridine rings is 1. The maximum atomic E-state index is 8.92. The minimum Gasteiger partial charge on any atom is -0.394 e. The number of nitrogens with one attached hydrogen (secondary N) is 1. The normalized spacial score (nSPS) is 10.7. The molecule has 0 radical (unpaired) electrons. The Labute approximate surface area is 93.9 Å². The number of hydrogen-bond donors (Lipinski definition) is 3. The molecule has 0 unspecified atom stereocenters. The van der Waals surface area contributed by atoms with E-state index in [1.807, 2.05) is 6.92 Å². The number of rotatable bonds is 5. The monoisotopic (exact) mass is 230 g/mol. The van der Waals surface area contributed by atoms with Crippen LogP contribution in [0.4, 0.5) is 5.69 Å². The maximum absolute atomic E-state index is 8.92. The van der Waals surface area contributed by atoms with Crippen molar-refractivity contribution in [2.75, 3.05) is 18.5 Å². The molecule has 1 aromatic rings. The summed E-state index contributed by atoms with van der Waals surface area (Å²) in [5.74, 6) is 0. The zero-order chi connectivity index (χ0) is 11.3. The molecular weight excluding hydrogens is 216 g/mol. The molecule has 4 nitrogen and oxygen atoms in total. The van der Waals surface area contributed by atoms with Gasteiger partial charge in [-0.1, -0.05) is 18.5 Å². The molecule has 0 spiro atoms. The van der Waals surface area contributed by atoms with Gasteiger partial charge in [-0.25, -0.2) is 0 Å². The van der Waals surface area contributed by atoms with Crippen molar-refractivity contribution in [1.29, 1.82) is 0 Å². The van der Waals surface area contributed by atoms with Crippen LogP contribution in [-0.2, 0) is 6.42 Å². The van der Waals surface area contributed by atoms with Crippen molar-refractivity contribution in [3.8, 4) is 0 Å². The Morgan fingerprint density at radius 2 is 2.13 bits per heavy atom. The summed E-state index contributed by atoms with van der Waals surface area (Å²) in [7, 11) is 0. The largest absolute Gasteiger partial charge is 0.394 e.